The number of aryl methyl sites for hydroxylation is 2. The predicted molar refractivity (Wildman–Crippen MR) is 72.2 cm³/mol. The summed E-state index contributed by atoms with van der Waals surface area (Å²) in [5.74, 6) is 0.864. The average Bonchev–Trinajstić information content (AvgIpc) is 3.17. The van der Waals surface area contributed by atoms with Gasteiger partial charge < -0.3 is 13.8 Å². The molecule has 2 aromatic rings. The van der Waals surface area contributed by atoms with Crippen molar-refractivity contribution in [2.24, 2.45) is 0 Å². The Morgan fingerprint density at radius 3 is 2.73 bits per heavy atom. The van der Waals surface area contributed by atoms with E-state index in [9.17, 15) is 8.42 Å². The zero-order chi connectivity index (χ0) is 15.7. The summed E-state index contributed by atoms with van der Waals surface area (Å²) in [5.41, 5.74) is 0.304. The molecule has 0 unspecified atom stereocenters. The fraction of sp³-hybridized carbons (Fsp3) is 0.583. The molecule has 0 bridgehead atoms. The third-order valence-electron chi connectivity index (χ3n) is 3.35. The largest absolute Gasteiger partial charge is 0.368 e. The van der Waals surface area contributed by atoms with E-state index in [-0.39, 0.29) is 29.1 Å². The van der Waals surface area contributed by atoms with E-state index in [4.69, 9.17) is 13.8 Å². The van der Waals surface area contributed by atoms with Crippen molar-refractivity contribution in [1.29, 1.82) is 0 Å². The Morgan fingerprint density at radius 1 is 1.27 bits per heavy atom. The van der Waals surface area contributed by atoms with Crippen molar-refractivity contribution < 1.29 is 22.2 Å². The standard InChI is InChI=1S/C12H16N4O5S/c1-7-11(8(2)20-15-7)22(17,18)13-6-10-14-12(21-16-10)9-4-3-5-19-9/h9,13H,3-6H2,1-2H3/t9-/m1/s1. The fourth-order valence-corrected chi connectivity index (χ4v) is 3.64. The van der Waals surface area contributed by atoms with Crippen molar-refractivity contribution in [3.63, 3.8) is 0 Å². The van der Waals surface area contributed by atoms with Gasteiger partial charge in [-0.1, -0.05) is 10.3 Å². The lowest BCUT2D eigenvalue weighted by Gasteiger charge is -2.03. The first-order valence-corrected chi connectivity index (χ1v) is 8.32. The zero-order valence-electron chi connectivity index (χ0n) is 12.2. The Hall–Kier alpha value is -1.78. The molecule has 0 amide bonds. The molecule has 22 heavy (non-hydrogen) atoms. The molecule has 3 heterocycles. The molecule has 9 nitrogen and oxygen atoms in total. The fourth-order valence-electron chi connectivity index (χ4n) is 2.33. The van der Waals surface area contributed by atoms with Gasteiger partial charge in [0.05, 0.1) is 6.54 Å². The van der Waals surface area contributed by atoms with Gasteiger partial charge in [0.25, 0.3) is 5.89 Å². The second-order valence-electron chi connectivity index (χ2n) is 5.03. The molecular weight excluding hydrogens is 312 g/mol. The van der Waals surface area contributed by atoms with Crippen LogP contribution in [0.3, 0.4) is 0 Å². The summed E-state index contributed by atoms with van der Waals surface area (Å²) in [7, 11) is -3.75. The Labute approximate surface area is 127 Å². The maximum absolute atomic E-state index is 12.2. The highest BCUT2D eigenvalue weighted by atomic mass is 32.2. The molecule has 0 saturated carbocycles. The molecule has 0 aliphatic carbocycles. The van der Waals surface area contributed by atoms with Gasteiger partial charge in [0.15, 0.2) is 11.6 Å². The van der Waals surface area contributed by atoms with Gasteiger partial charge in [-0.3, -0.25) is 0 Å². The average molecular weight is 328 g/mol. The van der Waals surface area contributed by atoms with Gasteiger partial charge in [-0.15, -0.1) is 0 Å². The summed E-state index contributed by atoms with van der Waals surface area (Å²) in [6.07, 6.45) is 1.58. The second kappa shape index (κ2) is 5.78. The summed E-state index contributed by atoms with van der Waals surface area (Å²) in [6, 6.07) is 0. The van der Waals surface area contributed by atoms with Gasteiger partial charge in [0.2, 0.25) is 10.0 Å². The van der Waals surface area contributed by atoms with Crippen molar-refractivity contribution in [2.75, 3.05) is 6.61 Å². The number of hydrogen-bond acceptors (Lipinski definition) is 8. The van der Waals surface area contributed by atoms with Crippen LogP contribution in [0, 0.1) is 13.8 Å². The first-order chi connectivity index (χ1) is 10.5. The van der Waals surface area contributed by atoms with Crippen LogP contribution in [0.2, 0.25) is 0 Å². The van der Waals surface area contributed by atoms with Crippen LogP contribution in [0.4, 0.5) is 0 Å². The number of hydrogen-bond donors (Lipinski definition) is 1. The summed E-state index contributed by atoms with van der Waals surface area (Å²) in [5, 5.41) is 7.39. The molecular formula is C12H16N4O5S. The number of rotatable bonds is 5. The molecule has 1 N–H and O–H groups in total. The van der Waals surface area contributed by atoms with Gasteiger partial charge in [-0.05, 0) is 26.7 Å². The van der Waals surface area contributed by atoms with E-state index in [2.05, 4.69) is 20.0 Å². The van der Waals surface area contributed by atoms with E-state index in [0.717, 1.165) is 12.8 Å². The van der Waals surface area contributed by atoms with Crippen LogP contribution < -0.4 is 4.72 Å². The van der Waals surface area contributed by atoms with Crippen LogP contribution >= 0.6 is 0 Å². The summed E-state index contributed by atoms with van der Waals surface area (Å²) >= 11 is 0. The van der Waals surface area contributed by atoms with Crippen LogP contribution in [0.25, 0.3) is 0 Å². The lowest BCUT2D eigenvalue weighted by molar-refractivity contribution is 0.0835. The van der Waals surface area contributed by atoms with Crippen LogP contribution in [0.15, 0.2) is 13.9 Å². The minimum Gasteiger partial charge on any atom is -0.368 e. The molecule has 1 aliphatic rings. The van der Waals surface area contributed by atoms with Gasteiger partial charge >= 0.3 is 0 Å². The van der Waals surface area contributed by atoms with E-state index in [1.165, 1.54) is 0 Å². The van der Waals surface area contributed by atoms with Crippen molar-refractivity contribution in [3.8, 4) is 0 Å². The quantitative estimate of drug-likeness (QED) is 0.863. The van der Waals surface area contributed by atoms with E-state index in [1.807, 2.05) is 0 Å². The Morgan fingerprint density at radius 2 is 2.09 bits per heavy atom. The first kappa shape index (κ1) is 15.1. The first-order valence-electron chi connectivity index (χ1n) is 6.84. The van der Waals surface area contributed by atoms with E-state index >= 15 is 0 Å². The SMILES string of the molecule is Cc1noc(C)c1S(=O)(=O)NCc1noc([C@H]2CCCO2)n1. The van der Waals surface area contributed by atoms with Crippen LogP contribution in [0.1, 0.15) is 42.1 Å². The van der Waals surface area contributed by atoms with Gasteiger partial charge in [0, 0.05) is 6.61 Å². The van der Waals surface area contributed by atoms with Crippen LogP contribution in [-0.4, -0.2) is 30.3 Å². The molecule has 2 aromatic heterocycles. The molecule has 0 aromatic carbocycles. The molecule has 3 rings (SSSR count). The predicted octanol–water partition coefficient (Wildman–Crippen LogP) is 1.00. The summed E-state index contributed by atoms with van der Waals surface area (Å²) in [4.78, 5) is 4.19. The van der Waals surface area contributed by atoms with Gasteiger partial charge in [-0.25, -0.2) is 13.1 Å². The Balaban J connectivity index is 1.69. The van der Waals surface area contributed by atoms with Crippen molar-refractivity contribution in [3.05, 3.63) is 23.2 Å². The number of sulfonamides is 1. The van der Waals surface area contributed by atoms with Gasteiger partial charge in [0.1, 0.15) is 16.7 Å². The van der Waals surface area contributed by atoms with Crippen molar-refractivity contribution in [2.45, 2.75) is 44.2 Å². The highest BCUT2D eigenvalue weighted by molar-refractivity contribution is 7.89. The molecule has 1 aliphatic heterocycles. The smallest absolute Gasteiger partial charge is 0.255 e. The molecule has 120 valence electrons. The van der Waals surface area contributed by atoms with Gasteiger partial charge in [-0.2, -0.15) is 4.98 Å². The van der Waals surface area contributed by atoms with Crippen molar-refractivity contribution in [1.82, 2.24) is 20.0 Å². The topological polar surface area (TPSA) is 120 Å². The van der Waals surface area contributed by atoms with Crippen molar-refractivity contribution >= 4 is 10.0 Å². The van der Waals surface area contributed by atoms with E-state index in [0.29, 0.717) is 18.2 Å². The van der Waals surface area contributed by atoms with E-state index < -0.39 is 10.0 Å². The Kier molecular flexibility index (Phi) is 3.98. The monoisotopic (exact) mass is 328 g/mol. The molecule has 10 heteroatoms. The third kappa shape index (κ3) is 2.89. The lowest BCUT2D eigenvalue weighted by Crippen LogP contribution is -2.24. The molecule has 0 radical (unpaired) electrons. The normalized spacial score (nSPS) is 18.9. The number of nitrogens with one attached hydrogen (secondary N) is 1. The van der Waals surface area contributed by atoms with E-state index in [1.54, 1.807) is 13.8 Å². The summed E-state index contributed by atoms with van der Waals surface area (Å²) in [6.45, 7) is 3.69. The number of aromatic nitrogens is 3. The second-order valence-corrected chi connectivity index (χ2v) is 6.73. The molecule has 1 atom stereocenters. The van der Waals surface area contributed by atoms with Crippen LogP contribution in [0.5, 0.6) is 0 Å². The molecule has 0 spiro atoms. The minimum atomic E-state index is -3.75. The Bertz CT molecular complexity index is 741. The molecule has 1 saturated heterocycles. The maximum atomic E-state index is 12.2. The highest BCUT2D eigenvalue weighted by Gasteiger charge is 2.26. The molecule has 1 fully saturated rings. The third-order valence-corrected chi connectivity index (χ3v) is 4.99. The summed E-state index contributed by atoms with van der Waals surface area (Å²) < 4.78 is 42.3. The van der Waals surface area contributed by atoms with Crippen LogP contribution in [-0.2, 0) is 21.3 Å². The lowest BCUT2D eigenvalue weighted by atomic mass is 10.2. The number of ether oxygens (including phenoxy) is 1. The highest BCUT2D eigenvalue weighted by Crippen LogP contribution is 2.27. The number of nitrogens with zero attached hydrogens (tertiary/aromatic N) is 3. The maximum Gasteiger partial charge on any atom is 0.255 e. The zero-order valence-corrected chi connectivity index (χ0v) is 13.0. The minimum absolute atomic E-state index is 0.0374.